The topological polar surface area (TPSA) is 17.1 Å². The van der Waals surface area contributed by atoms with Crippen molar-refractivity contribution in [2.24, 2.45) is 5.41 Å². The fraction of sp³-hybridized carbons (Fsp3) is 0.462. The molecular weight excluding hydrogens is 210 g/mol. The molecule has 1 fully saturated rings. The predicted molar refractivity (Wildman–Crippen MR) is 57.1 cm³/mol. The van der Waals surface area contributed by atoms with Gasteiger partial charge in [-0.2, -0.15) is 0 Å². The molecule has 0 N–H and O–H groups in total. The summed E-state index contributed by atoms with van der Waals surface area (Å²) in [7, 11) is 0. The van der Waals surface area contributed by atoms with Crippen molar-refractivity contribution in [2.45, 2.75) is 32.6 Å². The molecule has 16 heavy (non-hydrogen) atoms. The van der Waals surface area contributed by atoms with Gasteiger partial charge in [-0.25, -0.2) is 8.78 Å². The van der Waals surface area contributed by atoms with Crippen LogP contribution in [0.3, 0.4) is 0 Å². The van der Waals surface area contributed by atoms with Crippen molar-refractivity contribution < 1.29 is 13.6 Å². The second-order valence-electron chi connectivity index (χ2n) is 5.09. The largest absolute Gasteiger partial charge is 0.299 e. The molecule has 0 saturated heterocycles. The van der Waals surface area contributed by atoms with Crippen LogP contribution in [0, 0.1) is 17.0 Å². The van der Waals surface area contributed by atoms with Crippen molar-refractivity contribution in [3.63, 3.8) is 0 Å². The van der Waals surface area contributed by atoms with Gasteiger partial charge in [-0.15, -0.1) is 0 Å². The zero-order valence-electron chi connectivity index (χ0n) is 9.39. The Bertz CT molecular complexity index is 438. The number of rotatable bonds is 1. The van der Waals surface area contributed by atoms with E-state index in [9.17, 15) is 13.6 Å². The Morgan fingerprint density at radius 3 is 2.44 bits per heavy atom. The van der Waals surface area contributed by atoms with Crippen LogP contribution in [0.25, 0.3) is 0 Å². The van der Waals surface area contributed by atoms with Gasteiger partial charge in [-0.05, 0) is 30.0 Å². The number of carbonyl (C=O) groups is 1. The maximum absolute atomic E-state index is 13.1. The zero-order valence-corrected chi connectivity index (χ0v) is 9.39. The van der Waals surface area contributed by atoms with Crippen LogP contribution < -0.4 is 0 Å². The molecule has 1 aliphatic carbocycles. The third-order valence-corrected chi connectivity index (χ3v) is 3.36. The van der Waals surface area contributed by atoms with Crippen LogP contribution in [0.15, 0.2) is 18.2 Å². The molecule has 2 rings (SSSR count). The van der Waals surface area contributed by atoms with Gasteiger partial charge in [-0.3, -0.25) is 4.79 Å². The minimum Gasteiger partial charge on any atom is -0.299 e. The summed E-state index contributed by atoms with van der Waals surface area (Å²) in [6.45, 7) is 3.80. The van der Waals surface area contributed by atoms with Gasteiger partial charge in [0.25, 0.3) is 0 Å². The van der Waals surface area contributed by atoms with Crippen LogP contribution in [-0.4, -0.2) is 5.78 Å². The van der Waals surface area contributed by atoms with Crippen LogP contribution in [0.1, 0.15) is 38.2 Å². The van der Waals surface area contributed by atoms with Gasteiger partial charge in [-0.1, -0.05) is 19.9 Å². The third kappa shape index (κ3) is 1.86. The van der Waals surface area contributed by atoms with Gasteiger partial charge in [0.1, 0.15) is 5.78 Å². The molecule has 86 valence electrons. The van der Waals surface area contributed by atoms with Crippen LogP contribution in [0.5, 0.6) is 0 Å². The van der Waals surface area contributed by atoms with E-state index in [2.05, 4.69) is 0 Å². The van der Waals surface area contributed by atoms with E-state index in [0.29, 0.717) is 12.8 Å². The highest BCUT2D eigenvalue weighted by Crippen LogP contribution is 2.43. The monoisotopic (exact) mass is 224 g/mol. The molecule has 1 aromatic rings. The van der Waals surface area contributed by atoms with Crippen molar-refractivity contribution in [1.82, 2.24) is 0 Å². The summed E-state index contributed by atoms with van der Waals surface area (Å²) in [6, 6.07) is 3.90. The lowest BCUT2D eigenvalue weighted by Crippen LogP contribution is -2.15. The smallest absolute Gasteiger partial charge is 0.159 e. The number of Topliss-reactive ketones (excluding diaryl/α,β-unsaturated/α-hetero) is 1. The quantitative estimate of drug-likeness (QED) is 0.714. The van der Waals surface area contributed by atoms with Crippen LogP contribution in [0.4, 0.5) is 8.78 Å². The van der Waals surface area contributed by atoms with E-state index in [-0.39, 0.29) is 17.1 Å². The molecule has 1 aliphatic rings. The van der Waals surface area contributed by atoms with E-state index >= 15 is 0 Å². The lowest BCUT2D eigenvalue weighted by Gasteiger charge is -2.15. The van der Waals surface area contributed by atoms with Gasteiger partial charge in [0, 0.05) is 11.8 Å². The number of hydrogen-bond acceptors (Lipinski definition) is 1. The summed E-state index contributed by atoms with van der Waals surface area (Å²) in [5.41, 5.74) is 0.382. The highest BCUT2D eigenvalue weighted by Gasteiger charge is 2.39. The van der Waals surface area contributed by atoms with Gasteiger partial charge in [0.15, 0.2) is 11.6 Å². The Morgan fingerprint density at radius 2 is 1.94 bits per heavy atom. The molecule has 0 radical (unpaired) electrons. The minimum absolute atomic E-state index is 0.0256. The zero-order chi connectivity index (χ0) is 11.9. The van der Waals surface area contributed by atoms with Crippen LogP contribution in [0.2, 0.25) is 0 Å². The predicted octanol–water partition coefficient (Wildman–Crippen LogP) is 3.44. The van der Waals surface area contributed by atoms with Crippen LogP contribution >= 0.6 is 0 Å². The summed E-state index contributed by atoms with van der Waals surface area (Å²) in [4.78, 5) is 11.7. The first-order valence-corrected chi connectivity index (χ1v) is 5.38. The van der Waals surface area contributed by atoms with E-state index < -0.39 is 11.6 Å². The second kappa shape index (κ2) is 3.65. The summed E-state index contributed by atoms with van der Waals surface area (Å²) < 4.78 is 25.8. The first-order chi connectivity index (χ1) is 7.40. The average Bonchev–Trinajstić information content (AvgIpc) is 2.46. The van der Waals surface area contributed by atoms with Crippen molar-refractivity contribution >= 4 is 5.78 Å². The molecule has 0 bridgehead atoms. The maximum atomic E-state index is 13.1. The fourth-order valence-corrected chi connectivity index (χ4v) is 2.30. The van der Waals surface area contributed by atoms with E-state index in [1.165, 1.54) is 6.07 Å². The molecule has 1 saturated carbocycles. The highest BCUT2D eigenvalue weighted by atomic mass is 19.2. The number of benzene rings is 1. The lowest BCUT2D eigenvalue weighted by molar-refractivity contribution is -0.124. The Hall–Kier alpha value is -1.25. The highest BCUT2D eigenvalue weighted by molar-refractivity contribution is 5.87. The molecule has 1 nitrogen and oxygen atoms in total. The molecule has 0 spiro atoms. The van der Waals surface area contributed by atoms with Crippen molar-refractivity contribution in [2.75, 3.05) is 0 Å². The molecular formula is C13H14F2O. The number of hydrogen-bond donors (Lipinski definition) is 0. The van der Waals surface area contributed by atoms with Crippen molar-refractivity contribution in [1.29, 1.82) is 0 Å². The van der Waals surface area contributed by atoms with E-state index in [1.807, 2.05) is 13.8 Å². The average molecular weight is 224 g/mol. The Labute approximate surface area is 93.5 Å². The standard InChI is InChI=1S/C13H14F2O/c1-13(2)7-9(6-12(13)16)8-3-4-10(14)11(15)5-8/h3-5,9H,6-7H2,1-2H3/t9-/m0/s1. The second-order valence-corrected chi connectivity index (χ2v) is 5.09. The SMILES string of the molecule is CC1(C)C[C@@H](c2ccc(F)c(F)c2)CC1=O. The number of halogens is 2. The molecule has 1 atom stereocenters. The van der Waals surface area contributed by atoms with Gasteiger partial charge >= 0.3 is 0 Å². The van der Waals surface area contributed by atoms with Crippen molar-refractivity contribution in [3.8, 4) is 0 Å². The number of carbonyl (C=O) groups excluding carboxylic acids is 1. The first kappa shape index (κ1) is 11.2. The Kier molecular flexibility index (Phi) is 2.56. The molecule has 0 amide bonds. The summed E-state index contributed by atoms with van der Waals surface area (Å²) in [5, 5.41) is 0. The normalized spacial score (nSPS) is 23.8. The summed E-state index contributed by atoms with van der Waals surface area (Å²) in [5.74, 6) is -1.46. The van der Waals surface area contributed by atoms with Gasteiger partial charge in [0.05, 0.1) is 0 Å². The lowest BCUT2D eigenvalue weighted by atomic mass is 9.88. The molecule has 3 heteroatoms. The maximum Gasteiger partial charge on any atom is 0.159 e. The molecule has 0 aromatic heterocycles. The Balaban J connectivity index is 2.27. The summed E-state index contributed by atoms with van der Waals surface area (Å²) in [6.07, 6.45) is 1.13. The minimum atomic E-state index is -0.840. The fourth-order valence-electron chi connectivity index (χ4n) is 2.30. The number of ketones is 1. The molecule has 1 aromatic carbocycles. The molecule has 0 aliphatic heterocycles. The van der Waals surface area contributed by atoms with Gasteiger partial charge < -0.3 is 0 Å². The van der Waals surface area contributed by atoms with Crippen molar-refractivity contribution in [3.05, 3.63) is 35.4 Å². The van der Waals surface area contributed by atoms with E-state index in [1.54, 1.807) is 6.07 Å². The van der Waals surface area contributed by atoms with E-state index in [0.717, 1.165) is 11.6 Å². The summed E-state index contributed by atoms with van der Waals surface area (Å²) >= 11 is 0. The Morgan fingerprint density at radius 1 is 1.25 bits per heavy atom. The van der Waals surface area contributed by atoms with Crippen LogP contribution in [-0.2, 0) is 4.79 Å². The first-order valence-electron chi connectivity index (χ1n) is 5.38. The van der Waals surface area contributed by atoms with Gasteiger partial charge in [0.2, 0.25) is 0 Å². The molecule has 0 unspecified atom stereocenters. The van der Waals surface area contributed by atoms with E-state index in [4.69, 9.17) is 0 Å². The third-order valence-electron chi connectivity index (χ3n) is 3.36. The molecule has 0 heterocycles.